The Morgan fingerprint density at radius 2 is 1.90 bits per heavy atom. The molecule has 0 spiro atoms. The number of rotatable bonds is 7. The average Bonchev–Trinajstić information content (AvgIpc) is 3.52. The zero-order valence-corrected chi connectivity index (χ0v) is 18.1. The van der Waals surface area contributed by atoms with E-state index in [1.54, 1.807) is 6.07 Å². The Bertz CT molecular complexity index is 1020. The van der Waals surface area contributed by atoms with Crippen LogP contribution in [-0.4, -0.2) is 43.9 Å². The smallest absolute Gasteiger partial charge is 0.266 e. The van der Waals surface area contributed by atoms with Gasteiger partial charge >= 0.3 is 0 Å². The van der Waals surface area contributed by atoms with Crippen LogP contribution in [-0.2, 0) is 21.4 Å². The van der Waals surface area contributed by atoms with Crippen molar-refractivity contribution in [2.45, 2.75) is 30.3 Å². The second-order valence-electron chi connectivity index (χ2n) is 6.61. The van der Waals surface area contributed by atoms with E-state index in [2.05, 4.69) is 0 Å². The summed E-state index contributed by atoms with van der Waals surface area (Å²) in [5.74, 6) is -0.933. The minimum absolute atomic E-state index is 0.0162. The molecule has 3 rings (SSSR count). The van der Waals surface area contributed by atoms with Crippen molar-refractivity contribution >= 4 is 39.1 Å². The quantitative estimate of drug-likeness (QED) is 0.582. The van der Waals surface area contributed by atoms with Crippen LogP contribution in [0.15, 0.2) is 41.3 Å². The fourth-order valence-electron chi connectivity index (χ4n) is 2.84. The van der Waals surface area contributed by atoms with E-state index in [0.29, 0.717) is 4.47 Å². The number of amides is 1. The first-order valence-corrected chi connectivity index (χ1v) is 10.9. The van der Waals surface area contributed by atoms with E-state index in [0.717, 1.165) is 12.8 Å². The maximum Gasteiger partial charge on any atom is 0.266 e. The molecule has 156 valence electrons. The van der Waals surface area contributed by atoms with Gasteiger partial charge in [-0.15, -0.1) is 0 Å². The molecule has 0 atom stereocenters. The maximum absolute atomic E-state index is 14.2. The standard InChI is InChI=1S/C19H19Cl2FN2O4S/c1-23(28-2)29(26,27)18-10-12(6-9-16(18)21)19(25)24(13-7-8-13)11-14-15(20)4-3-5-17(14)22/h3-6,9-10,13H,7-8,11H2,1-2H3. The van der Waals surface area contributed by atoms with Gasteiger partial charge in [-0.05, 0) is 43.2 Å². The van der Waals surface area contributed by atoms with E-state index in [1.165, 1.54) is 49.4 Å². The number of sulfonamides is 1. The van der Waals surface area contributed by atoms with Crippen LogP contribution in [0.2, 0.25) is 10.0 Å². The van der Waals surface area contributed by atoms with Gasteiger partial charge in [0.15, 0.2) is 0 Å². The Kier molecular flexibility index (Phi) is 6.50. The zero-order valence-electron chi connectivity index (χ0n) is 15.7. The summed E-state index contributed by atoms with van der Waals surface area (Å²) in [6.45, 7) is -0.0162. The van der Waals surface area contributed by atoms with Crippen molar-refractivity contribution in [3.8, 4) is 0 Å². The van der Waals surface area contributed by atoms with E-state index in [-0.39, 0.29) is 38.7 Å². The van der Waals surface area contributed by atoms with E-state index in [1.807, 2.05) is 0 Å². The van der Waals surface area contributed by atoms with Crippen LogP contribution in [0.5, 0.6) is 0 Å². The summed E-state index contributed by atoms with van der Waals surface area (Å²) in [6, 6.07) is 8.26. The molecule has 0 N–H and O–H groups in total. The van der Waals surface area contributed by atoms with E-state index in [4.69, 9.17) is 28.0 Å². The number of hydrogen-bond donors (Lipinski definition) is 0. The summed E-state index contributed by atoms with van der Waals surface area (Å²) < 4.78 is 40.0. The number of carbonyl (C=O) groups is 1. The predicted octanol–water partition coefficient (Wildman–Crippen LogP) is 4.12. The van der Waals surface area contributed by atoms with Gasteiger partial charge in [0.2, 0.25) is 0 Å². The van der Waals surface area contributed by atoms with Gasteiger partial charge in [-0.3, -0.25) is 9.63 Å². The molecule has 1 saturated carbocycles. The second kappa shape index (κ2) is 8.57. The van der Waals surface area contributed by atoms with Crippen molar-refractivity contribution in [1.82, 2.24) is 9.37 Å². The molecule has 10 heteroatoms. The Hall–Kier alpha value is -1.71. The third-order valence-electron chi connectivity index (χ3n) is 4.69. The fourth-order valence-corrected chi connectivity index (χ4v) is 4.54. The second-order valence-corrected chi connectivity index (χ2v) is 9.33. The van der Waals surface area contributed by atoms with Crippen LogP contribution >= 0.6 is 23.2 Å². The number of nitrogens with zero attached hydrogens (tertiary/aromatic N) is 2. The molecule has 1 amide bonds. The number of hydrogen-bond acceptors (Lipinski definition) is 4. The Balaban J connectivity index is 1.97. The van der Waals surface area contributed by atoms with Gasteiger partial charge in [0, 0.05) is 29.2 Å². The molecule has 0 aliphatic heterocycles. The fraction of sp³-hybridized carbons (Fsp3) is 0.316. The molecule has 1 aliphatic carbocycles. The van der Waals surface area contributed by atoms with E-state index in [9.17, 15) is 17.6 Å². The highest BCUT2D eigenvalue weighted by atomic mass is 35.5. The third kappa shape index (κ3) is 4.57. The van der Waals surface area contributed by atoms with Crippen molar-refractivity contribution < 1.29 is 22.4 Å². The molecular weight excluding hydrogens is 442 g/mol. The molecule has 0 aromatic heterocycles. The van der Waals surface area contributed by atoms with Crippen LogP contribution in [0, 0.1) is 5.82 Å². The predicted molar refractivity (Wildman–Crippen MR) is 108 cm³/mol. The number of benzene rings is 2. The first kappa shape index (κ1) is 22.0. The lowest BCUT2D eigenvalue weighted by Crippen LogP contribution is -2.33. The molecule has 29 heavy (non-hydrogen) atoms. The third-order valence-corrected chi connectivity index (χ3v) is 7.21. The van der Waals surface area contributed by atoms with Crippen LogP contribution in [0.3, 0.4) is 0 Å². The van der Waals surface area contributed by atoms with Crippen molar-refractivity contribution in [3.05, 3.63) is 63.4 Å². The van der Waals surface area contributed by atoms with E-state index >= 15 is 0 Å². The molecule has 2 aromatic carbocycles. The average molecular weight is 461 g/mol. The molecular formula is C19H19Cl2FN2O4S. The van der Waals surface area contributed by atoms with Gasteiger partial charge in [-0.2, -0.15) is 0 Å². The topological polar surface area (TPSA) is 66.9 Å². The summed E-state index contributed by atoms with van der Waals surface area (Å²) in [6.07, 6.45) is 1.56. The van der Waals surface area contributed by atoms with Crippen molar-refractivity contribution in [3.63, 3.8) is 0 Å². The largest absolute Gasteiger partial charge is 0.331 e. The highest BCUT2D eigenvalue weighted by Crippen LogP contribution is 2.33. The molecule has 0 heterocycles. The summed E-state index contributed by atoms with van der Waals surface area (Å²) in [4.78, 5) is 19.2. The van der Waals surface area contributed by atoms with Crippen LogP contribution in [0.25, 0.3) is 0 Å². The zero-order chi connectivity index (χ0) is 21.3. The molecule has 1 aliphatic rings. The number of hydroxylamine groups is 1. The van der Waals surface area contributed by atoms with Gasteiger partial charge in [0.05, 0.1) is 18.7 Å². The maximum atomic E-state index is 14.2. The van der Waals surface area contributed by atoms with E-state index < -0.39 is 21.7 Å². The minimum Gasteiger partial charge on any atom is -0.331 e. The molecule has 0 unspecified atom stereocenters. The molecule has 0 saturated heterocycles. The summed E-state index contributed by atoms with van der Waals surface area (Å²) in [5, 5.41) is 0.185. The SMILES string of the molecule is CON(C)S(=O)(=O)c1cc(C(=O)N(Cc2c(F)cccc2Cl)C2CC2)ccc1Cl. The molecule has 0 radical (unpaired) electrons. The Labute approximate surface area is 178 Å². The lowest BCUT2D eigenvalue weighted by molar-refractivity contribution is -0.0258. The number of halogens is 3. The van der Waals surface area contributed by atoms with Crippen LogP contribution in [0.4, 0.5) is 4.39 Å². The summed E-state index contributed by atoms with van der Waals surface area (Å²) in [7, 11) is -1.63. The lowest BCUT2D eigenvalue weighted by atomic mass is 10.1. The van der Waals surface area contributed by atoms with Gasteiger partial charge in [-0.1, -0.05) is 33.7 Å². The normalized spacial score (nSPS) is 14.3. The molecule has 0 bridgehead atoms. The highest BCUT2D eigenvalue weighted by Gasteiger charge is 2.35. The molecule has 6 nitrogen and oxygen atoms in total. The monoisotopic (exact) mass is 460 g/mol. The van der Waals surface area contributed by atoms with Crippen LogP contribution in [0.1, 0.15) is 28.8 Å². The first-order chi connectivity index (χ1) is 13.7. The molecule has 1 fully saturated rings. The summed E-state index contributed by atoms with van der Waals surface area (Å²) >= 11 is 12.2. The molecule has 2 aromatic rings. The minimum atomic E-state index is -4.05. The Morgan fingerprint density at radius 1 is 1.21 bits per heavy atom. The highest BCUT2D eigenvalue weighted by molar-refractivity contribution is 7.89. The lowest BCUT2D eigenvalue weighted by Gasteiger charge is -2.24. The van der Waals surface area contributed by atoms with Crippen molar-refractivity contribution in [1.29, 1.82) is 0 Å². The van der Waals surface area contributed by atoms with Crippen LogP contribution < -0.4 is 0 Å². The Morgan fingerprint density at radius 3 is 2.48 bits per heavy atom. The van der Waals surface area contributed by atoms with Gasteiger partial charge in [0.1, 0.15) is 10.7 Å². The van der Waals surface area contributed by atoms with Gasteiger partial charge in [-0.25, -0.2) is 12.8 Å². The summed E-state index contributed by atoms with van der Waals surface area (Å²) in [5.41, 5.74) is 0.340. The number of carbonyl (C=O) groups excluding carboxylic acids is 1. The van der Waals surface area contributed by atoms with Gasteiger partial charge < -0.3 is 4.90 Å². The van der Waals surface area contributed by atoms with Crippen molar-refractivity contribution in [2.75, 3.05) is 14.2 Å². The first-order valence-electron chi connectivity index (χ1n) is 8.73. The van der Waals surface area contributed by atoms with Gasteiger partial charge in [0.25, 0.3) is 15.9 Å². The van der Waals surface area contributed by atoms with Crippen molar-refractivity contribution in [2.24, 2.45) is 0 Å².